The number of rotatable bonds is 5. The van der Waals surface area contributed by atoms with E-state index in [4.69, 9.17) is 9.47 Å². The molecule has 39 heavy (non-hydrogen) atoms. The molecule has 3 aliphatic heterocycles. The van der Waals surface area contributed by atoms with Gasteiger partial charge in [0.15, 0.2) is 0 Å². The zero-order valence-corrected chi connectivity index (χ0v) is 22.1. The van der Waals surface area contributed by atoms with Crippen molar-refractivity contribution in [1.82, 2.24) is 15.1 Å². The lowest BCUT2D eigenvalue weighted by Crippen LogP contribution is -2.47. The number of morpholine rings is 2. The van der Waals surface area contributed by atoms with Crippen LogP contribution in [-0.4, -0.2) is 80.8 Å². The Morgan fingerprint density at radius 3 is 2.28 bits per heavy atom. The molecule has 3 saturated heterocycles. The Kier molecular flexibility index (Phi) is 7.72. The molecule has 202 valence electrons. The first-order valence-electron chi connectivity index (χ1n) is 13.9. The zero-order valence-electron chi connectivity index (χ0n) is 22.1. The van der Waals surface area contributed by atoms with Gasteiger partial charge in [-0.15, -0.1) is 0 Å². The highest BCUT2D eigenvalue weighted by molar-refractivity contribution is 5.95. The van der Waals surface area contributed by atoms with Gasteiger partial charge in [-0.2, -0.15) is 0 Å². The van der Waals surface area contributed by atoms with Crippen LogP contribution in [0.25, 0.3) is 11.1 Å². The molecule has 7 nitrogen and oxygen atoms in total. The van der Waals surface area contributed by atoms with Crippen molar-refractivity contribution in [3.8, 4) is 11.1 Å². The summed E-state index contributed by atoms with van der Waals surface area (Å²) in [6.45, 7) is 5.52. The molecule has 6 rings (SSSR count). The number of carbonyl (C=O) groups is 2. The molecular formula is C32H35N3O4. The van der Waals surface area contributed by atoms with Gasteiger partial charge < -0.3 is 24.6 Å². The number of hydrogen-bond acceptors (Lipinski definition) is 5. The number of nitrogens with one attached hydrogen (secondary N) is 1. The van der Waals surface area contributed by atoms with Crippen LogP contribution in [0, 0.1) is 5.92 Å². The molecule has 3 aromatic rings. The molecule has 3 heterocycles. The molecule has 3 fully saturated rings. The first-order valence-corrected chi connectivity index (χ1v) is 13.9. The maximum Gasteiger partial charge on any atom is 0.254 e. The second-order valence-electron chi connectivity index (χ2n) is 10.5. The Balaban J connectivity index is 1.24. The zero-order chi connectivity index (χ0) is 26.6. The number of hydrogen-bond donors (Lipinski definition) is 1. The molecule has 7 heteroatoms. The minimum absolute atomic E-state index is 0.0438. The highest BCUT2D eigenvalue weighted by Gasteiger charge is 2.40. The molecule has 3 atom stereocenters. The summed E-state index contributed by atoms with van der Waals surface area (Å²) in [4.78, 5) is 30.9. The van der Waals surface area contributed by atoms with Crippen LogP contribution in [0.5, 0.6) is 0 Å². The van der Waals surface area contributed by atoms with E-state index in [1.54, 1.807) is 0 Å². The number of benzene rings is 3. The van der Waals surface area contributed by atoms with E-state index < -0.39 is 0 Å². The summed E-state index contributed by atoms with van der Waals surface area (Å²) in [6, 6.07) is 26.4. The lowest BCUT2D eigenvalue weighted by atomic mass is 9.83. The normalized spacial score (nSPS) is 23.5. The molecule has 0 aliphatic carbocycles. The summed E-state index contributed by atoms with van der Waals surface area (Å²) in [5.41, 5.74) is 5.12. The van der Waals surface area contributed by atoms with Crippen LogP contribution >= 0.6 is 0 Å². The molecule has 0 bridgehead atoms. The molecule has 2 amide bonds. The average Bonchev–Trinajstić information content (AvgIpc) is 3.51. The minimum Gasteiger partial charge on any atom is -0.378 e. The highest BCUT2D eigenvalue weighted by atomic mass is 16.5. The smallest absolute Gasteiger partial charge is 0.254 e. The first kappa shape index (κ1) is 25.7. The summed E-state index contributed by atoms with van der Waals surface area (Å²) in [5, 5.41) is 3.50. The molecule has 3 aromatic carbocycles. The fourth-order valence-corrected chi connectivity index (χ4v) is 6.12. The van der Waals surface area contributed by atoms with Crippen molar-refractivity contribution < 1.29 is 19.1 Å². The number of nitrogens with zero attached hydrogens (tertiary/aromatic N) is 2. The van der Waals surface area contributed by atoms with Crippen molar-refractivity contribution in [1.29, 1.82) is 0 Å². The molecule has 0 spiro atoms. The van der Waals surface area contributed by atoms with Crippen molar-refractivity contribution in [3.05, 3.63) is 95.6 Å². The Hall–Kier alpha value is -3.52. The first-order chi connectivity index (χ1) is 19.2. The molecule has 0 unspecified atom stereocenters. The van der Waals surface area contributed by atoms with E-state index in [1.165, 1.54) is 0 Å². The minimum atomic E-state index is -0.155. The molecule has 3 aliphatic rings. The van der Waals surface area contributed by atoms with Gasteiger partial charge in [0.05, 0.1) is 38.4 Å². The maximum atomic E-state index is 14.1. The third-order valence-corrected chi connectivity index (χ3v) is 8.23. The third-order valence-electron chi connectivity index (χ3n) is 8.23. The molecule has 1 N–H and O–H groups in total. The quantitative estimate of drug-likeness (QED) is 0.550. The highest BCUT2D eigenvalue weighted by Crippen LogP contribution is 2.38. The SMILES string of the molecule is O=C(c1ccc(-c2ccccc2[C@@H]2CNC[C@H]2C(=O)N2CCOC[C@@H]2c2ccccc2)cc1)N1CCOCC1. The van der Waals surface area contributed by atoms with Gasteiger partial charge in [-0.3, -0.25) is 9.59 Å². The summed E-state index contributed by atoms with van der Waals surface area (Å²) < 4.78 is 11.2. The predicted molar refractivity (Wildman–Crippen MR) is 149 cm³/mol. The van der Waals surface area contributed by atoms with Gasteiger partial charge in [0.1, 0.15) is 0 Å². The summed E-state index contributed by atoms with van der Waals surface area (Å²) in [6.07, 6.45) is 0. The van der Waals surface area contributed by atoms with E-state index in [0.29, 0.717) is 58.2 Å². The van der Waals surface area contributed by atoms with E-state index >= 15 is 0 Å². The standard InChI is InChI=1S/C32H35N3O4/c36-31(34-14-17-38-18-15-34)25-12-10-23(11-13-25)26-8-4-5-9-27(26)28-20-33-21-29(28)32(37)35-16-19-39-22-30(35)24-6-2-1-3-7-24/h1-13,28-30,33H,14-22H2/t28-,29+,30+/m0/s1. The summed E-state index contributed by atoms with van der Waals surface area (Å²) in [5.74, 6) is 0.131. The van der Waals surface area contributed by atoms with Crippen LogP contribution in [0.4, 0.5) is 0 Å². The average molecular weight is 526 g/mol. The molecular weight excluding hydrogens is 490 g/mol. The Morgan fingerprint density at radius 1 is 0.769 bits per heavy atom. The Labute approximate surface area is 229 Å². The van der Waals surface area contributed by atoms with Gasteiger partial charge in [-0.25, -0.2) is 0 Å². The second kappa shape index (κ2) is 11.7. The van der Waals surface area contributed by atoms with E-state index in [-0.39, 0.29) is 29.7 Å². The lowest BCUT2D eigenvalue weighted by molar-refractivity contribution is -0.144. The molecule has 0 radical (unpaired) electrons. The van der Waals surface area contributed by atoms with Crippen LogP contribution in [0.2, 0.25) is 0 Å². The van der Waals surface area contributed by atoms with Crippen LogP contribution in [0.3, 0.4) is 0 Å². The van der Waals surface area contributed by atoms with Crippen molar-refractivity contribution in [2.24, 2.45) is 5.92 Å². The Morgan fingerprint density at radius 2 is 1.49 bits per heavy atom. The van der Waals surface area contributed by atoms with Gasteiger partial charge in [0.25, 0.3) is 5.91 Å². The van der Waals surface area contributed by atoms with Gasteiger partial charge in [-0.05, 0) is 34.4 Å². The number of ether oxygens (including phenoxy) is 2. The molecule has 0 aromatic heterocycles. The lowest BCUT2D eigenvalue weighted by Gasteiger charge is -2.38. The second-order valence-corrected chi connectivity index (χ2v) is 10.5. The fourth-order valence-electron chi connectivity index (χ4n) is 6.12. The number of carbonyl (C=O) groups excluding carboxylic acids is 2. The monoisotopic (exact) mass is 525 g/mol. The maximum absolute atomic E-state index is 14.1. The van der Waals surface area contributed by atoms with Crippen molar-refractivity contribution in [2.75, 3.05) is 59.2 Å². The fraction of sp³-hybridized carbons (Fsp3) is 0.375. The Bertz CT molecular complexity index is 1290. The van der Waals surface area contributed by atoms with E-state index in [2.05, 4.69) is 35.6 Å². The van der Waals surface area contributed by atoms with Crippen LogP contribution < -0.4 is 5.32 Å². The van der Waals surface area contributed by atoms with Crippen molar-refractivity contribution in [3.63, 3.8) is 0 Å². The van der Waals surface area contributed by atoms with Crippen LogP contribution in [0.15, 0.2) is 78.9 Å². The van der Waals surface area contributed by atoms with E-state index in [1.807, 2.05) is 58.3 Å². The molecule has 0 saturated carbocycles. The summed E-state index contributed by atoms with van der Waals surface area (Å²) in [7, 11) is 0. The topological polar surface area (TPSA) is 71.1 Å². The third kappa shape index (κ3) is 5.35. The largest absolute Gasteiger partial charge is 0.378 e. The van der Waals surface area contributed by atoms with Crippen LogP contribution in [-0.2, 0) is 14.3 Å². The summed E-state index contributed by atoms with van der Waals surface area (Å²) >= 11 is 0. The van der Waals surface area contributed by atoms with Gasteiger partial charge >= 0.3 is 0 Å². The van der Waals surface area contributed by atoms with E-state index in [9.17, 15) is 9.59 Å². The van der Waals surface area contributed by atoms with Crippen molar-refractivity contribution >= 4 is 11.8 Å². The van der Waals surface area contributed by atoms with E-state index in [0.717, 1.165) is 28.8 Å². The van der Waals surface area contributed by atoms with Gasteiger partial charge in [0.2, 0.25) is 5.91 Å². The van der Waals surface area contributed by atoms with Gasteiger partial charge in [0, 0.05) is 44.2 Å². The van der Waals surface area contributed by atoms with Gasteiger partial charge in [-0.1, -0.05) is 66.7 Å². The van der Waals surface area contributed by atoms with Crippen molar-refractivity contribution in [2.45, 2.75) is 12.0 Å². The predicted octanol–water partition coefficient (Wildman–Crippen LogP) is 3.73. The number of amides is 2. The van der Waals surface area contributed by atoms with Crippen LogP contribution in [0.1, 0.15) is 33.4 Å².